The van der Waals surface area contributed by atoms with E-state index in [0.29, 0.717) is 5.95 Å². The van der Waals surface area contributed by atoms with Crippen molar-refractivity contribution in [2.45, 2.75) is 0 Å². The van der Waals surface area contributed by atoms with Crippen molar-refractivity contribution in [2.75, 3.05) is 5.73 Å². The highest BCUT2D eigenvalue weighted by atomic mass is 79.9. The van der Waals surface area contributed by atoms with Gasteiger partial charge in [-0.3, -0.25) is 4.57 Å². The van der Waals surface area contributed by atoms with Gasteiger partial charge in [0, 0.05) is 10.7 Å². The highest BCUT2D eigenvalue weighted by molar-refractivity contribution is 9.10. The molecule has 0 aliphatic rings. The molecule has 0 amide bonds. The number of imidazole rings is 1. The Labute approximate surface area is 129 Å². The average Bonchev–Trinajstić information content (AvgIpc) is 2.82. The Hall–Kier alpha value is -2.40. The standard InChI is InChI=1S/C16H11BrN4/c17-12-5-3-11-9-13(6-4-10(11)8-12)21-15-14(20-16(21)18)2-1-7-19-15/h1-9H,(H2,18,20). The molecule has 0 spiro atoms. The normalized spacial score (nSPS) is 11.3. The number of nitrogens with two attached hydrogens (primary N) is 1. The lowest BCUT2D eigenvalue weighted by molar-refractivity contribution is 1.09. The third kappa shape index (κ3) is 1.97. The molecule has 0 radical (unpaired) electrons. The van der Waals surface area contributed by atoms with E-state index in [2.05, 4.69) is 50.2 Å². The largest absolute Gasteiger partial charge is 0.369 e. The van der Waals surface area contributed by atoms with Gasteiger partial charge < -0.3 is 5.73 Å². The van der Waals surface area contributed by atoms with Crippen LogP contribution in [0.4, 0.5) is 5.95 Å². The molecule has 0 bridgehead atoms. The van der Waals surface area contributed by atoms with Gasteiger partial charge in [0.15, 0.2) is 5.65 Å². The van der Waals surface area contributed by atoms with E-state index >= 15 is 0 Å². The summed E-state index contributed by atoms with van der Waals surface area (Å²) in [6.07, 6.45) is 1.75. The van der Waals surface area contributed by atoms with E-state index in [1.54, 1.807) is 6.20 Å². The fourth-order valence-corrected chi connectivity index (χ4v) is 2.91. The van der Waals surface area contributed by atoms with Gasteiger partial charge in [-0.25, -0.2) is 9.97 Å². The van der Waals surface area contributed by atoms with Gasteiger partial charge in [0.2, 0.25) is 5.95 Å². The Bertz CT molecular complexity index is 975. The Kier molecular flexibility index (Phi) is 2.68. The van der Waals surface area contributed by atoms with E-state index in [4.69, 9.17) is 5.73 Å². The van der Waals surface area contributed by atoms with Gasteiger partial charge in [0.1, 0.15) is 5.52 Å². The van der Waals surface area contributed by atoms with Crippen LogP contribution >= 0.6 is 15.9 Å². The summed E-state index contributed by atoms with van der Waals surface area (Å²) in [7, 11) is 0. The number of fused-ring (bicyclic) bond motifs is 2. The Morgan fingerprint density at radius 2 is 1.81 bits per heavy atom. The first kappa shape index (κ1) is 12.3. The van der Waals surface area contributed by atoms with Crippen LogP contribution in [0, 0.1) is 0 Å². The molecule has 2 heterocycles. The zero-order chi connectivity index (χ0) is 14.4. The maximum atomic E-state index is 6.06. The van der Waals surface area contributed by atoms with Crippen LogP contribution in [0.5, 0.6) is 0 Å². The summed E-state index contributed by atoms with van der Waals surface area (Å²) in [5.74, 6) is 0.445. The topological polar surface area (TPSA) is 56.7 Å². The summed E-state index contributed by atoms with van der Waals surface area (Å²) < 4.78 is 2.94. The first-order chi connectivity index (χ1) is 10.2. The number of anilines is 1. The van der Waals surface area contributed by atoms with E-state index in [-0.39, 0.29) is 0 Å². The lowest BCUT2D eigenvalue weighted by atomic mass is 10.1. The second kappa shape index (κ2) is 4.56. The predicted octanol–water partition coefficient (Wildman–Crippen LogP) is 3.92. The highest BCUT2D eigenvalue weighted by Gasteiger charge is 2.11. The number of nitrogen functional groups attached to an aromatic ring is 1. The van der Waals surface area contributed by atoms with Crippen LogP contribution < -0.4 is 5.73 Å². The van der Waals surface area contributed by atoms with Crippen molar-refractivity contribution in [3.05, 3.63) is 59.2 Å². The SMILES string of the molecule is Nc1nc2cccnc2n1-c1ccc2cc(Br)ccc2c1. The van der Waals surface area contributed by atoms with E-state index < -0.39 is 0 Å². The molecule has 2 aromatic carbocycles. The first-order valence-electron chi connectivity index (χ1n) is 6.51. The van der Waals surface area contributed by atoms with Gasteiger partial charge >= 0.3 is 0 Å². The van der Waals surface area contributed by atoms with Crippen molar-refractivity contribution in [1.82, 2.24) is 14.5 Å². The number of aromatic nitrogens is 3. The van der Waals surface area contributed by atoms with Gasteiger partial charge in [0.25, 0.3) is 0 Å². The average molecular weight is 339 g/mol. The van der Waals surface area contributed by atoms with Crippen molar-refractivity contribution in [2.24, 2.45) is 0 Å². The number of rotatable bonds is 1. The first-order valence-corrected chi connectivity index (χ1v) is 7.30. The molecule has 0 aliphatic heterocycles. The third-order valence-corrected chi connectivity index (χ3v) is 3.98. The monoisotopic (exact) mass is 338 g/mol. The van der Waals surface area contributed by atoms with Crippen LogP contribution in [0.25, 0.3) is 27.6 Å². The fraction of sp³-hybridized carbons (Fsp3) is 0. The third-order valence-electron chi connectivity index (χ3n) is 3.49. The molecule has 102 valence electrons. The number of pyridine rings is 1. The van der Waals surface area contributed by atoms with E-state index in [1.807, 2.05) is 28.8 Å². The van der Waals surface area contributed by atoms with Crippen molar-refractivity contribution in [3.8, 4) is 5.69 Å². The van der Waals surface area contributed by atoms with Crippen molar-refractivity contribution in [1.29, 1.82) is 0 Å². The molecule has 2 aromatic heterocycles. The maximum Gasteiger partial charge on any atom is 0.207 e. The van der Waals surface area contributed by atoms with Crippen LogP contribution in [0.3, 0.4) is 0 Å². The molecule has 21 heavy (non-hydrogen) atoms. The Balaban J connectivity index is 2.00. The minimum atomic E-state index is 0.445. The summed E-state index contributed by atoms with van der Waals surface area (Å²) in [5, 5.41) is 2.32. The number of nitrogens with zero attached hydrogens (tertiary/aromatic N) is 3. The molecule has 0 unspecified atom stereocenters. The lowest BCUT2D eigenvalue weighted by Gasteiger charge is -2.07. The highest BCUT2D eigenvalue weighted by Crippen LogP contribution is 2.26. The molecule has 2 N–H and O–H groups in total. The Morgan fingerprint density at radius 3 is 2.71 bits per heavy atom. The summed E-state index contributed by atoms with van der Waals surface area (Å²) in [5.41, 5.74) is 8.59. The minimum absolute atomic E-state index is 0.445. The maximum absolute atomic E-state index is 6.06. The molecule has 4 rings (SSSR count). The van der Waals surface area contributed by atoms with Gasteiger partial charge in [-0.1, -0.05) is 28.1 Å². The molecule has 0 atom stereocenters. The Morgan fingerprint density at radius 1 is 1.00 bits per heavy atom. The van der Waals surface area contributed by atoms with Gasteiger partial charge in [-0.05, 0) is 47.2 Å². The zero-order valence-electron chi connectivity index (χ0n) is 11.0. The summed E-state index contributed by atoms with van der Waals surface area (Å²) in [6.45, 7) is 0. The molecular weight excluding hydrogens is 328 g/mol. The van der Waals surface area contributed by atoms with Crippen molar-refractivity contribution in [3.63, 3.8) is 0 Å². The van der Waals surface area contributed by atoms with Crippen molar-refractivity contribution < 1.29 is 0 Å². The van der Waals surface area contributed by atoms with E-state index in [1.165, 1.54) is 5.39 Å². The molecule has 5 heteroatoms. The fourth-order valence-electron chi connectivity index (χ4n) is 2.53. The van der Waals surface area contributed by atoms with Gasteiger partial charge in [-0.15, -0.1) is 0 Å². The minimum Gasteiger partial charge on any atom is -0.369 e. The van der Waals surface area contributed by atoms with Crippen LogP contribution in [0.15, 0.2) is 59.2 Å². The molecular formula is C16H11BrN4. The van der Waals surface area contributed by atoms with Gasteiger partial charge in [0.05, 0.1) is 5.69 Å². The van der Waals surface area contributed by atoms with Crippen molar-refractivity contribution >= 4 is 43.8 Å². The van der Waals surface area contributed by atoms with Crippen LogP contribution in [-0.4, -0.2) is 14.5 Å². The molecule has 0 fully saturated rings. The van der Waals surface area contributed by atoms with Crippen LogP contribution in [-0.2, 0) is 0 Å². The zero-order valence-corrected chi connectivity index (χ0v) is 12.6. The van der Waals surface area contributed by atoms with E-state index in [9.17, 15) is 0 Å². The molecule has 0 saturated heterocycles. The van der Waals surface area contributed by atoms with E-state index in [0.717, 1.165) is 26.7 Å². The number of halogens is 1. The molecule has 0 aliphatic carbocycles. The quantitative estimate of drug-likeness (QED) is 0.572. The molecule has 0 saturated carbocycles. The van der Waals surface area contributed by atoms with Gasteiger partial charge in [-0.2, -0.15) is 0 Å². The lowest BCUT2D eigenvalue weighted by Crippen LogP contribution is -2.01. The van der Waals surface area contributed by atoms with Crippen LogP contribution in [0.1, 0.15) is 0 Å². The molecule has 4 aromatic rings. The smallest absolute Gasteiger partial charge is 0.207 e. The number of hydrogen-bond donors (Lipinski definition) is 1. The second-order valence-corrected chi connectivity index (χ2v) is 5.74. The summed E-state index contributed by atoms with van der Waals surface area (Å²) in [4.78, 5) is 8.74. The number of benzene rings is 2. The van der Waals surface area contributed by atoms with Crippen LogP contribution in [0.2, 0.25) is 0 Å². The summed E-state index contributed by atoms with van der Waals surface area (Å²) >= 11 is 3.49. The number of hydrogen-bond acceptors (Lipinski definition) is 3. The predicted molar refractivity (Wildman–Crippen MR) is 88.5 cm³/mol. The summed E-state index contributed by atoms with van der Waals surface area (Å²) in [6, 6.07) is 16.2. The molecule has 4 nitrogen and oxygen atoms in total. The second-order valence-electron chi connectivity index (χ2n) is 4.83.